The molecule has 2 fully saturated rings. The maximum absolute atomic E-state index is 6.28. The van der Waals surface area contributed by atoms with Crippen molar-refractivity contribution in [2.45, 2.75) is 62.5 Å². The van der Waals surface area contributed by atoms with Crippen molar-refractivity contribution in [2.75, 3.05) is 18.1 Å². The van der Waals surface area contributed by atoms with Crippen LogP contribution in [0.1, 0.15) is 62.3 Å². The molecule has 2 saturated carbocycles. The summed E-state index contributed by atoms with van der Waals surface area (Å²) < 4.78 is 0.363. The molecule has 116 valence electrons. The van der Waals surface area contributed by atoms with Crippen molar-refractivity contribution in [3.8, 4) is 0 Å². The van der Waals surface area contributed by atoms with Crippen molar-refractivity contribution in [3.63, 3.8) is 0 Å². The highest BCUT2D eigenvalue weighted by Gasteiger charge is 2.32. The van der Waals surface area contributed by atoms with Gasteiger partial charge in [-0.05, 0) is 38.9 Å². The molecule has 1 aromatic rings. The van der Waals surface area contributed by atoms with E-state index in [2.05, 4.69) is 16.6 Å². The molecule has 3 rings (SSSR count). The molecule has 3 nitrogen and oxygen atoms in total. The van der Waals surface area contributed by atoms with E-state index in [1.54, 1.807) is 0 Å². The Hall–Kier alpha value is -0.480. The van der Waals surface area contributed by atoms with E-state index in [9.17, 15) is 0 Å². The zero-order valence-corrected chi connectivity index (χ0v) is 14.5. The fourth-order valence-electron chi connectivity index (χ4n) is 3.10. The molecule has 5 heteroatoms. The van der Waals surface area contributed by atoms with Crippen LogP contribution in [-0.4, -0.2) is 27.5 Å². The summed E-state index contributed by atoms with van der Waals surface area (Å²) in [5.41, 5.74) is 0.980. The summed E-state index contributed by atoms with van der Waals surface area (Å²) in [6.07, 6.45) is 11.3. The van der Waals surface area contributed by atoms with E-state index in [1.807, 2.05) is 18.7 Å². The number of aromatic nitrogens is 2. The van der Waals surface area contributed by atoms with Crippen LogP contribution in [0.4, 0.5) is 5.82 Å². The molecular formula is C16H24ClN3S. The average Bonchev–Trinajstić information content (AvgIpc) is 3.34. The molecule has 1 N–H and O–H groups in total. The molecule has 2 aliphatic rings. The first-order valence-electron chi connectivity index (χ1n) is 7.97. The van der Waals surface area contributed by atoms with Crippen LogP contribution in [0, 0.1) is 6.92 Å². The van der Waals surface area contributed by atoms with E-state index in [1.165, 1.54) is 44.9 Å². The molecule has 0 aromatic carbocycles. The summed E-state index contributed by atoms with van der Waals surface area (Å²) >= 11 is 8.29. The van der Waals surface area contributed by atoms with Crippen LogP contribution in [0.15, 0.2) is 0 Å². The van der Waals surface area contributed by atoms with Crippen molar-refractivity contribution in [1.82, 2.24) is 9.97 Å². The molecular weight excluding hydrogens is 302 g/mol. The SMILES string of the molecule is CSC1(CNc2nc(C3CC3)nc(Cl)c2C)CCCCC1. The zero-order chi connectivity index (χ0) is 14.9. The number of hydrogen-bond donors (Lipinski definition) is 1. The van der Waals surface area contributed by atoms with Crippen LogP contribution in [0.25, 0.3) is 0 Å². The monoisotopic (exact) mass is 325 g/mol. The average molecular weight is 326 g/mol. The predicted octanol–water partition coefficient (Wildman–Crippen LogP) is 4.79. The van der Waals surface area contributed by atoms with Gasteiger partial charge in [0.25, 0.3) is 0 Å². The number of nitrogens with one attached hydrogen (secondary N) is 1. The molecule has 0 unspecified atom stereocenters. The van der Waals surface area contributed by atoms with Gasteiger partial charge < -0.3 is 5.32 Å². The molecule has 2 aliphatic carbocycles. The van der Waals surface area contributed by atoms with Crippen LogP contribution in [-0.2, 0) is 0 Å². The van der Waals surface area contributed by atoms with Crippen LogP contribution in [0.3, 0.4) is 0 Å². The van der Waals surface area contributed by atoms with Crippen molar-refractivity contribution in [2.24, 2.45) is 0 Å². The summed E-state index contributed by atoms with van der Waals surface area (Å²) in [6, 6.07) is 0. The highest BCUT2D eigenvalue weighted by molar-refractivity contribution is 8.00. The Labute approximate surface area is 136 Å². The zero-order valence-electron chi connectivity index (χ0n) is 12.9. The topological polar surface area (TPSA) is 37.8 Å². The lowest BCUT2D eigenvalue weighted by Crippen LogP contribution is -2.36. The highest BCUT2D eigenvalue weighted by atomic mass is 35.5. The second-order valence-corrected chi connectivity index (χ2v) is 8.05. The minimum absolute atomic E-state index is 0.363. The minimum atomic E-state index is 0.363. The molecule has 0 spiro atoms. The number of rotatable bonds is 5. The Balaban J connectivity index is 1.74. The van der Waals surface area contributed by atoms with Crippen LogP contribution >= 0.6 is 23.4 Å². The molecule has 0 atom stereocenters. The Morgan fingerprint density at radius 1 is 1.24 bits per heavy atom. The van der Waals surface area contributed by atoms with E-state index in [-0.39, 0.29) is 0 Å². The van der Waals surface area contributed by atoms with E-state index >= 15 is 0 Å². The number of halogens is 1. The van der Waals surface area contributed by atoms with Crippen LogP contribution < -0.4 is 5.32 Å². The van der Waals surface area contributed by atoms with Gasteiger partial charge in [-0.2, -0.15) is 11.8 Å². The van der Waals surface area contributed by atoms with Gasteiger partial charge in [-0.3, -0.25) is 0 Å². The lowest BCUT2D eigenvalue weighted by atomic mass is 9.88. The fourth-order valence-corrected chi connectivity index (χ4v) is 4.19. The maximum atomic E-state index is 6.28. The van der Waals surface area contributed by atoms with Gasteiger partial charge in [-0.1, -0.05) is 30.9 Å². The Morgan fingerprint density at radius 2 is 1.95 bits per heavy atom. The highest BCUT2D eigenvalue weighted by Crippen LogP contribution is 2.41. The third kappa shape index (κ3) is 3.48. The van der Waals surface area contributed by atoms with Crippen molar-refractivity contribution in [3.05, 3.63) is 16.5 Å². The van der Waals surface area contributed by atoms with Crippen LogP contribution in [0.2, 0.25) is 5.15 Å². The normalized spacial score (nSPS) is 21.3. The summed E-state index contributed by atoms with van der Waals surface area (Å²) in [4.78, 5) is 9.17. The second-order valence-electron chi connectivity index (χ2n) is 6.42. The number of hydrogen-bond acceptors (Lipinski definition) is 4. The minimum Gasteiger partial charge on any atom is -0.368 e. The molecule has 1 heterocycles. The molecule has 21 heavy (non-hydrogen) atoms. The summed E-state index contributed by atoms with van der Waals surface area (Å²) in [5, 5.41) is 4.19. The number of nitrogens with zero attached hydrogens (tertiary/aromatic N) is 2. The first-order chi connectivity index (χ1) is 10.1. The predicted molar refractivity (Wildman–Crippen MR) is 91.6 cm³/mol. The fraction of sp³-hybridized carbons (Fsp3) is 0.750. The van der Waals surface area contributed by atoms with Gasteiger partial charge in [0, 0.05) is 22.8 Å². The van der Waals surface area contributed by atoms with E-state index in [4.69, 9.17) is 16.6 Å². The van der Waals surface area contributed by atoms with E-state index in [0.717, 1.165) is 23.8 Å². The molecule has 0 saturated heterocycles. The van der Waals surface area contributed by atoms with Gasteiger partial charge in [0.05, 0.1) is 0 Å². The van der Waals surface area contributed by atoms with E-state index in [0.29, 0.717) is 15.8 Å². The lowest BCUT2D eigenvalue weighted by Gasteiger charge is -2.36. The van der Waals surface area contributed by atoms with Crippen LogP contribution in [0.5, 0.6) is 0 Å². The van der Waals surface area contributed by atoms with Gasteiger partial charge in [-0.15, -0.1) is 0 Å². The Bertz CT molecular complexity index is 510. The van der Waals surface area contributed by atoms with Gasteiger partial charge in [0.2, 0.25) is 0 Å². The molecule has 0 bridgehead atoms. The first kappa shape index (κ1) is 15.4. The van der Waals surface area contributed by atoms with Gasteiger partial charge in [-0.25, -0.2) is 9.97 Å². The summed E-state index contributed by atoms with van der Waals surface area (Å²) in [5.74, 6) is 2.40. The smallest absolute Gasteiger partial charge is 0.137 e. The Kier molecular flexibility index (Phi) is 4.65. The van der Waals surface area contributed by atoms with Crippen molar-refractivity contribution < 1.29 is 0 Å². The van der Waals surface area contributed by atoms with E-state index < -0.39 is 0 Å². The number of anilines is 1. The number of thioether (sulfide) groups is 1. The second kappa shape index (κ2) is 6.33. The molecule has 1 aromatic heterocycles. The Morgan fingerprint density at radius 3 is 2.57 bits per heavy atom. The van der Waals surface area contributed by atoms with Crippen molar-refractivity contribution >= 4 is 29.2 Å². The summed E-state index contributed by atoms with van der Waals surface area (Å²) in [6.45, 7) is 2.99. The van der Waals surface area contributed by atoms with Gasteiger partial charge >= 0.3 is 0 Å². The third-order valence-corrected chi connectivity index (χ3v) is 6.61. The maximum Gasteiger partial charge on any atom is 0.137 e. The molecule has 0 aliphatic heterocycles. The quantitative estimate of drug-likeness (QED) is 0.789. The van der Waals surface area contributed by atoms with Gasteiger partial charge in [0.1, 0.15) is 16.8 Å². The first-order valence-corrected chi connectivity index (χ1v) is 9.57. The molecule has 0 amide bonds. The molecule has 0 radical (unpaired) electrons. The third-order valence-electron chi connectivity index (χ3n) is 4.82. The summed E-state index contributed by atoms with van der Waals surface area (Å²) in [7, 11) is 0. The van der Waals surface area contributed by atoms with Crippen molar-refractivity contribution in [1.29, 1.82) is 0 Å². The standard InChI is InChI=1S/C16H24ClN3S/c1-11-13(17)19-15(12-6-7-12)20-14(11)18-10-16(21-2)8-4-3-5-9-16/h12H,3-10H2,1-2H3,(H,18,19,20). The van der Waals surface area contributed by atoms with Gasteiger partial charge in [0.15, 0.2) is 0 Å². The lowest BCUT2D eigenvalue weighted by molar-refractivity contribution is 0.411. The largest absolute Gasteiger partial charge is 0.368 e.